The van der Waals surface area contributed by atoms with Crippen molar-refractivity contribution in [3.63, 3.8) is 0 Å². The molecule has 0 amide bonds. The Morgan fingerprint density at radius 1 is 1.31 bits per heavy atom. The molecule has 2 heterocycles. The van der Waals surface area contributed by atoms with Gasteiger partial charge in [-0.25, -0.2) is 13.9 Å². The summed E-state index contributed by atoms with van der Waals surface area (Å²) in [6.07, 6.45) is 3.56. The van der Waals surface area contributed by atoms with E-state index in [1.807, 2.05) is 46.7 Å². The topological polar surface area (TPSA) is 68.0 Å². The van der Waals surface area contributed by atoms with Crippen LogP contribution in [0.15, 0.2) is 37.2 Å². The Bertz CT molecular complexity index is 1030. The standard InChI is InChI=1S/C20H21N3O3/c1-6-22-11-23(16-10-8-7-9-15(16)22)14(4)19(24)18-12(2)17(13(3)21-18)20(25)26-5/h6-11,14H,1H2,2-5H3/p+1/t14-/m1/s1. The Hall–Kier alpha value is -3.15. The first-order valence-electron chi connectivity index (χ1n) is 8.35. The van der Waals surface area contributed by atoms with Gasteiger partial charge in [-0.2, -0.15) is 0 Å². The quantitative estimate of drug-likeness (QED) is 0.435. The van der Waals surface area contributed by atoms with Gasteiger partial charge in [0.2, 0.25) is 12.1 Å². The Labute approximate surface area is 151 Å². The highest BCUT2D eigenvalue weighted by Crippen LogP contribution is 2.22. The monoisotopic (exact) mass is 352 g/mol. The zero-order chi connectivity index (χ0) is 19.0. The van der Waals surface area contributed by atoms with Crippen LogP contribution in [-0.4, -0.2) is 28.4 Å². The summed E-state index contributed by atoms with van der Waals surface area (Å²) in [5, 5.41) is 0. The summed E-state index contributed by atoms with van der Waals surface area (Å²) in [5.41, 5.74) is 3.99. The van der Waals surface area contributed by atoms with Gasteiger partial charge in [0.1, 0.15) is 0 Å². The SMILES string of the molecule is C=Cn1c[n+]([C@H](C)C(=O)c2[nH]c(C)c(C(=O)OC)c2C)c2ccccc21. The molecular formula is C20H22N3O3+. The second-order valence-corrected chi connectivity index (χ2v) is 6.26. The molecule has 0 bridgehead atoms. The van der Waals surface area contributed by atoms with Crippen molar-refractivity contribution in [2.24, 2.45) is 0 Å². The minimum absolute atomic E-state index is 0.0993. The van der Waals surface area contributed by atoms with Crippen molar-refractivity contribution in [1.29, 1.82) is 0 Å². The molecule has 0 aliphatic heterocycles. The van der Waals surface area contributed by atoms with Crippen molar-refractivity contribution in [2.45, 2.75) is 26.8 Å². The number of nitrogens with one attached hydrogen (secondary N) is 1. The summed E-state index contributed by atoms with van der Waals surface area (Å²) >= 11 is 0. The number of nitrogens with zero attached hydrogens (tertiary/aromatic N) is 2. The van der Waals surface area contributed by atoms with Crippen molar-refractivity contribution in [3.05, 3.63) is 59.7 Å². The molecule has 0 saturated heterocycles. The molecule has 6 nitrogen and oxygen atoms in total. The number of Topliss-reactive ketones (excluding diaryl/α,β-unsaturated/α-hetero) is 1. The third-order valence-corrected chi connectivity index (χ3v) is 4.75. The van der Waals surface area contributed by atoms with Crippen molar-refractivity contribution < 1.29 is 18.9 Å². The molecule has 134 valence electrons. The van der Waals surface area contributed by atoms with Crippen LogP contribution < -0.4 is 4.57 Å². The number of carbonyl (C=O) groups excluding carboxylic acids is 2. The van der Waals surface area contributed by atoms with Crippen molar-refractivity contribution >= 4 is 29.0 Å². The fraction of sp³-hybridized carbons (Fsp3) is 0.250. The number of esters is 1. The highest BCUT2D eigenvalue weighted by Gasteiger charge is 2.30. The van der Waals surface area contributed by atoms with Crippen LogP contribution in [0.3, 0.4) is 0 Å². The molecule has 0 fully saturated rings. The van der Waals surface area contributed by atoms with Crippen molar-refractivity contribution in [3.8, 4) is 0 Å². The van der Waals surface area contributed by atoms with E-state index in [0.717, 1.165) is 11.0 Å². The van der Waals surface area contributed by atoms with Crippen LogP contribution in [0.2, 0.25) is 0 Å². The molecule has 0 spiro atoms. The number of hydrogen-bond donors (Lipinski definition) is 1. The predicted molar refractivity (Wildman–Crippen MR) is 99.2 cm³/mol. The number of rotatable bonds is 5. The van der Waals surface area contributed by atoms with Crippen molar-refractivity contribution in [1.82, 2.24) is 9.55 Å². The van der Waals surface area contributed by atoms with E-state index < -0.39 is 12.0 Å². The van der Waals surface area contributed by atoms with E-state index in [0.29, 0.717) is 22.5 Å². The number of hydrogen-bond acceptors (Lipinski definition) is 3. The number of methoxy groups -OCH3 is 1. The van der Waals surface area contributed by atoms with E-state index in [4.69, 9.17) is 4.74 Å². The maximum atomic E-state index is 13.1. The van der Waals surface area contributed by atoms with Crippen LogP contribution in [0.1, 0.15) is 45.1 Å². The minimum atomic E-state index is -0.455. The van der Waals surface area contributed by atoms with Gasteiger partial charge in [-0.3, -0.25) is 4.79 Å². The lowest BCUT2D eigenvalue weighted by molar-refractivity contribution is -0.679. The summed E-state index contributed by atoms with van der Waals surface area (Å²) in [6, 6.07) is 7.36. The number of ether oxygens (including phenoxy) is 1. The summed E-state index contributed by atoms with van der Waals surface area (Å²) in [6.45, 7) is 9.18. The van der Waals surface area contributed by atoms with Gasteiger partial charge in [-0.1, -0.05) is 18.7 Å². The lowest BCUT2D eigenvalue weighted by Gasteiger charge is -2.08. The van der Waals surface area contributed by atoms with E-state index in [1.54, 1.807) is 20.0 Å². The van der Waals surface area contributed by atoms with Crippen LogP contribution in [-0.2, 0) is 4.74 Å². The molecule has 6 heteroatoms. The lowest BCUT2D eigenvalue weighted by Crippen LogP contribution is -2.41. The van der Waals surface area contributed by atoms with Gasteiger partial charge in [0.15, 0.2) is 17.1 Å². The second-order valence-electron chi connectivity index (χ2n) is 6.26. The molecule has 2 aromatic heterocycles. The minimum Gasteiger partial charge on any atom is -0.465 e. The van der Waals surface area contributed by atoms with E-state index in [9.17, 15) is 9.59 Å². The number of benzene rings is 1. The number of aryl methyl sites for hydroxylation is 1. The average molecular weight is 352 g/mol. The molecule has 3 rings (SSSR count). The normalized spacial score (nSPS) is 12.2. The zero-order valence-electron chi connectivity index (χ0n) is 15.4. The number of imidazole rings is 1. The third kappa shape index (κ3) is 2.63. The van der Waals surface area contributed by atoms with E-state index in [2.05, 4.69) is 11.6 Å². The summed E-state index contributed by atoms with van der Waals surface area (Å²) < 4.78 is 8.61. The highest BCUT2D eigenvalue weighted by atomic mass is 16.5. The fourth-order valence-electron chi connectivity index (χ4n) is 3.35. The van der Waals surface area contributed by atoms with Crippen LogP contribution in [0.5, 0.6) is 0 Å². The van der Waals surface area contributed by atoms with E-state index in [1.165, 1.54) is 7.11 Å². The van der Waals surface area contributed by atoms with Crippen LogP contribution in [0, 0.1) is 13.8 Å². The molecule has 3 aromatic rings. The molecule has 1 aromatic carbocycles. The fourth-order valence-corrected chi connectivity index (χ4v) is 3.35. The Morgan fingerprint density at radius 3 is 2.65 bits per heavy atom. The van der Waals surface area contributed by atoms with Gasteiger partial charge in [0, 0.05) is 5.69 Å². The summed E-state index contributed by atoms with van der Waals surface area (Å²) in [7, 11) is 1.33. The smallest absolute Gasteiger partial charge is 0.339 e. The summed E-state index contributed by atoms with van der Waals surface area (Å²) in [4.78, 5) is 28.2. The predicted octanol–water partition coefficient (Wildman–Crippen LogP) is 3.20. The Kier molecular flexibility index (Phi) is 4.50. The third-order valence-electron chi connectivity index (χ3n) is 4.75. The molecule has 0 radical (unpaired) electrons. The molecule has 0 unspecified atom stereocenters. The number of carbonyl (C=O) groups is 2. The molecule has 0 aliphatic carbocycles. The largest absolute Gasteiger partial charge is 0.465 e. The maximum absolute atomic E-state index is 13.1. The van der Waals surface area contributed by atoms with Crippen LogP contribution in [0.4, 0.5) is 0 Å². The number of aromatic nitrogens is 3. The lowest BCUT2D eigenvalue weighted by atomic mass is 10.0. The number of para-hydroxylation sites is 2. The maximum Gasteiger partial charge on any atom is 0.339 e. The van der Waals surface area contributed by atoms with E-state index >= 15 is 0 Å². The molecule has 1 N–H and O–H groups in total. The van der Waals surface area contributed by atoms with Gasteiger partial charge < -0.3 is 9.72 Å². The zero-order valence-corrected chi connectivity index (χ0v) is 15.4. The summed E-state index contributed by atoms with van der Waals surface area (Å²) in [5.74, 6) is -0.545. The first-order valence-corrected chi connectivity index (χ1v) is 8.35. The van der Waals surface area contributed by atoms with Crippen molar-refractivity contribution in [2.75, 3.05) is 7.11 Å². The molecule has 26 heavy (non-hydrogen) atoms. The van der Waals surface area contributed by atoms with Gasteiger partial charge in [-0.05, 0) is 38.5 Å². The van der Waals surface area contributed by atoms with Gasteiger partial charge in [-0.15, -0.1) is 0 Å². The first kappa shape index (κ1) is 17.7. The van der Waals surface area contributed by atoms with Crippen LogP contribution in [0.25, 0.3) is 17.2 Å². The van der Waals surface area contributed by atoms with Gasteiger partial charge in [0.05, 0.1) is 24.6 Å². The number of H-pyrrole nitrogens is 1. The van der Waals surface area contributed by atoms with Gasteiger partial charge in [0.25, 0.3) is 0 Å². The average Bonchev–Trinajstić information content (AvgIpc) is 3.17. The second kappa shape index (κ2) is 6.63. The molecule has 1 atom stereocenters. The molecular weight excluding hydrogens is 330 g/mol. The van der Waals surface area contributed by atoms with Crippen LogP contribution >= 0.6 is 0 Å². The van der Waals surface area contributed by atoms with Gasteiger partial charge >= 0.3 is 5.97 Å². The molecule has 0 aliphatic rings. The Balaban J connectivity index is 2.07. The molecule has 0 saturated carbocycles. The first-order chi connectivity index (χ1) is 12.4. The highest BCUT2D eigenvalue weighted by molar-refractivity contribution is 6.02. The number of fused-ring (bicyclic) bond motifs is 1. The number of aromatic amines is 1. The Morgan fingerprint density at radius 2 is 2.00 bits per heavy atom. The number of ketones is 1. The van der Waals surface area contributed by atoms with E-state index in [-0.39, 0.29) is 5.78 Å².